The van der Waals surface area contributed by atoms with Crippen molar-refractivity contribution in [3.63, 3.8) is 0 Å². The maximum atomic E-state index is 12.0. The standard InChI is InChI=1S/C17H23NO2/c1-2-13-4-3-5-16(12-13)20-15-8-10-18(11-9-15)17(19)14-6-7-14/h3-5,12,14-15H,2,6-11H2,1H3. The number of benzene rings is 1. The summed E-state index contributed by atoms with van der Waals surface area (Å²) in [5.74, 6) is 1.68. The molecule has 0 N–H and O–H groups in total. The first-order valence-corrected chi connectivity index (χ1v) is 7.80. The molecule has 0 aromatic heterocycles. The summed E-state index contributed by atoms with van der Waals surface area (Å²) >= 11 is 0. The Hall–Kier alpha value is -1.51. The molecule has 1 aliphatic heterocycles. The van der Waals surface area contributed by atoms with Crippen LogP contribution in [-0.4, -0.2) is 30.0 Å². The Bertz CT molecular complexity index is 474. The van der Waals surface area contributed by atoms with Crippen LogP contribution >= 0.6 is 0 Å². The summed E-state index contributed by atoms with van der Waals surface area (Å²) in [7, 11) is 0. The van der Waals surface area contributed by atoms with E-state index in [0.717, 1.165) is 50.9 Å². The summed E-state index contributed by atoms with van der Waals surface area (Å²) in [6.45, 7) is 3.86. The third-order valence-electron chi connectivity index (χ3n) is 4.29. The fourth-order valence-electron chi connectivity index (χ4n) is 2.81. The van der Waals surface area contributed by atoms with Crippen LogP contribution in [0, 0.1) is 5.92 Å². The molecule has 3 heteroatoms. The molecular formula is C17H23NO2. The van der Waals surface area contributed by atoms with Crippen molar-refractivity contribution in [2.75, 3.05) is 13.1 Å². The van der Waals surface area contributed by atoms with Crippen LogP contribution < -0.4 is 4.74 Å². The van der Waals surface area contributed by atoms with Crippen molar-refractivity contribution in [1.82, 2.24) is 4.90 Å². The lowest BCUT2D eigenvalue weighted by molar-refractivity contribution is -0.134. The molecule has 20 heavy (non-hydrogen) atoms. The molecule has 2 fully saturated rings. The fraction of sp³-hybridized carbons (Fsp3) is 0.588. The highest BCUT2D eigenvalue weighted by molar-refractivity contribution is 5.81. The van der Waals surface area contributed by atoms with Gasteiger partial charge in [0.05, 0.1) is 0 Å². The number of carbonyl (C=O) groups is 1. The van der Waals surface area contributed by atoms with Gasteiger partial charge in [-0.3, -0.25) is 4.79 Å². The molecule has 0 atom stereocenters. The zero-order valence-electron chi connectivity index (χ0n) is 12.2. The minimum absolute atomic E-state index is 0.255. The van der Waals surface area contributed by atoms with Crippen molar-refractivity contribution in [2.24, 2.45) is 5.92 Å². The topological polar surface area (TPSA) is 29.5 Å². The quantitative estimate of drug-likeness (QED) is 0.844. The molecule has 3 rings (SSSR count). The molecule has 108 valence electrons. The highest BCUT2D eigenvalue weighted by atomic mass is 16.5. The monoisotopic (exact) mass is 273 g/mol. The molecule has 1 saturated carbocycles. The van der Waals surface area contributed by atoms with E-state index in [-0.39, 0.29) is 6.10 Å². The van der Waals surface area contributed by atoms with E-state index in [1.165, 1.54) is 5.56 Å². The van der Waals surface area contributed by atoms with E-state index in [1.54, 1.807) is 0 Å². The molecule has 1 heterocycles. The third-order valence-corrected chi connectivity index (χ3v) is 4.29. The molecule has 0 unspecified atom stereocenters. The van der Waals surface area contributed by atoms with Crippen LogP contribution in [-0.2, 0) is 11.2 Å². The maximum absolute atomic E-state index is 12.0. The molecule has 1 amide bonds. The van der Waals surface area contributed by atoms with E-state index in [0.29, 0.717) is 11.8 Å². The molecule has 0 radical (unpaired) electrons. The fourth-order valence-corrected chi connectivity index (χ4v) is 2.81. The maximum Gasteiger partial charge on any atom is 0.225 e. The smallest absolute Gasteiger partial charge is 0.225 e. The average Bonchev–Trinajstić information content (AvgIpc) is 3.32. The van der Waals surface area contributed by atoms with Crippen LogP contribution in [0.2, 0.25) is 0 Å². The first kappa shape index (κ1) is 13.5. The minimum Gasteiger partial charge on any atom is -0.490 e. The van der Waals surface area contributed by atoms with E-state index >= 15 is 0 Å². The van der Waals surface area contributed by atoms with Crippen molar-refractivity contribution in [2.45, 2.75) is 45.1 Å². The van der Waals surface area contributed by atoms with Gasteiger partial charge >= 0.3 is 0 Å². The minimum atomic E-state index is 0.255. The number of piperidine rings is 1. The van der Waals surface area contributed by atoms with Crippen LogP contribution in [0.15, 0.2) is 24.3 Å². The Morgan fingerprint density at radius 1 is 1.25 bits per heavy atom. The molecule has 0 spiro atoms. The highest BCUT2D eigenvalue weighted by Gasteiger charge is 2.35. The number of hydrogen-bond acceptors (Lipinski definition) is 2. The number of amides is 1. The Kier molecular flexibility index (Phi) is 3.95. The van der Waals surface area contributed by atoms with Crippen LogP contribution in [0.1, 0.15) is 38.2 Å². The number of carbonyl (C=O) groups excluding carboxylic acids is 1. The van der Waals surface area contributed by atoms with Gasteiger partial charge < -0.3 is 9.64 Å². The van der Waals surface area contributed by atoms with Crippen LogP contribution in [0.5, 0.6) is 5.75 Å². The zero-order valence-corrected chi connectivity index (χ0v) is 12.2. The lowest BCUT2D eigenvalue weighted by Crippen LogP contribution is -2.42. The summed E-state index contributed by atoms with van der Waals surface area (Å²) in [5.41, 5.74) is 1.31. The van der Waals surface area contributed by atoms with Crippen LogP contribution in [0.25, 0.3) is 0 Å². The van der Waals surface area contributed by atoms with Gasteiger partial charge in [0, 0.05) is 31.8 Å². The second-order valence-corrected chi connectivity index (χ2v) is 5.92. The molecule has 2 aliphatic rings. The lowest BCUT2D eigenvalue weighted by Gasteiger charge is -2.32. The molecule has 0 bridgehead atoms. The van der Waals surface area contributed by atoms with Crippen molar-refractivity contribution in [3.05, 3.63) is 29.8 Å². The molecule has 1 aromatic carbocycles. The Morgan fingerprint density at radius 3 is 2.65 bits per heavy atom. The zero-order chi connectivity index (χ0) is 13.9. The number of rotatable bonds is 4. The van der Waals surface area contributed by atoms with Gasteiger partial charge in [-0.2, -0.15) is 0 Å². The first-order chi connectivity index (χ1) is 9.76. The number of hydrogen-bond donors (Lipinski definition) is 0. The SMILES string of the molecule is CCc1cccc(OC2CCN(C(=O)C3CC3)CC2)c1. The average molecular weight is 273 g/mol. The van der Waals surface area contributed by atoms with Gasteiger partial charge in [0.25, 0.3) is 0 Å². The van der Waals surface area contributed by atoms with Crippen molar-refractivity contribution < 1.29 is 9.53 Å². The number of likely N-dealkylation sites (tertiary alicyclic amines) is 1. The molecule has 1 aromatic rings. The van der Waals surface area contributed by atoms with E-state index in [9.17, 15) is 4.79 Å². The normalized spacial score (nSPS) is 19.9. The summed E-state index contributed by atoms with van der Waals surface area (Å²) in [6.07, 6.45) is 5.39. The Morgan fingerprint density at radius 2 is 2.00 bits per heavy atom. The van der Waals surface area contributed by atoms with E-state index in [1.807, 2.05) is 11.0 Å². The summed E-state index contributed by atoms with van der Waals surface area (Å²) < 4.78 is 6.06. The second-order valence-electron chi connectivity index (χ2n) is 5.92. The van der Waals surface area contributed by atoms with Crippen molar-refractivity contribution >= 4 is 5.91 Å². The largest absolute Gasteiger partial charge is 0.490 e. The van der Waals surface area contributed by atoms with Gasteiger partial charge in [-0.1, -0.05) is 19.1 Å². The van der Waals surface area contributed by atoms with Gasteiger partial charge in [-0.15, -0.1) is 0 Å². The van der Waals surface area contributed by atoms with E-state index in [4.69, 9.17) is 4.74 Å². The second kappa shape index (κ2) is 5.86. The molecule has 3 nitrogen and oxygen atoms in total. The predicted octanol–water partition coefficient (Wildman–Crippen LogP) is 3.03. The third kappa shape index (κ3) is 3.14. The molecular weight excluding hydrogens is 250 g/mol. The molecule has 1 saturated heterocycles. The summed E-state index contributed by atoms with van der Waals surface area (Å²) in [6, 6.07) is 8.34. The summed E-state index contributed by atoms with van der Waals surface area (Å²) in [4.78, 5) is 14.0. The summed E-state index contributed by atoms with van der Waals surface area (Å²) in [5, 5.41) is 0. The van der Waals surface area contributed by atoms with Gasteiger partial charge in [-0.25, -0.2) is 0 Å². The number of ether oxygens (including phenoxy) is 1. The van der Waals surface area contributed by atoms with Gasteiger partial charge in [0.1, 0.15) is 11.9 Å². The number of nitrogens with zero attached hydrogens (tertiary/aromatic N) is 1. The van der Waals surface area contributed by atoms with Gasteiger partial charge in [0.2, 0.25) is 5.91 Å². The van der Waals surface area contributed by atoms with Crippen LogP contribution in [0.4, 0.5) is 0 Å². The Labute approximate surface area is 120 Å². The number of aryl methyl sites for hydroxylation is 1. The van der Waals surface area contributed by atoms with E-state index < -0.39 is 0 Å². The Balaban J connectivity index is 1.51. The van der Waals surface area contributed by atoms with Crippen molar-refractivity contribution in [3.8, 4) is 5.75 Å². The first-order valence-electron chi connectivity index (χ1n) is 7.80. The van der Waals surface area contributed by atoms with Gasteiger partial charge in [0.15, 0.2) is 0 Å². The molecule has 1 aliphatic carbocycles. The lowest BCUT2D eigenvalue weighted by atomic mass is 10.1. The van der Waals surface area contributed by atoms with Crippen LogP contribution in [0.3, 0.4) is 0 Å². The van der Waals surface area contributed by atoms with E-state index in [2.05, 4.69) is 25.1 Å². The van der Waals surface area contributed by atoms with Crippen molar-refractivity contribution in [1.29, 1.82) is 0 Å². The predicted molar refractivity (Wildman–Crippen MR) is 78.8 cm³/mol. The van der Waals surface area contributed by atoms with Gasteiger partial charge in [-0.05, 0) is 37.0 Å². The highest BCUT2D eigenvalue weighted by Crippen LogP contribution is 2.32.